The third-order valence-electron chi connectivity index (χ3n) is 4.92. The van der Waals surface area contributed by atoms with Gasteiger partial charge in [0.2, 0.25) is 11.8 Å². The fourth-order valence-electron chi connectivity index (χ4n) is 3.51. The van der Waals surface area contributed by atoms with Crippen LogP contribution in [-0.2, 0) is 9.59 Å². The Morgan fingerprint density at radius 2 is 2.08 bits per heavy atom. The average molecular weight is 358 g/mol. The Morgan fingerprint density at radius 1 is 1.33 bits per heavy atom. The Morgan fingerprint density at radius 3 is 2.79 bits per heavy atom. The van der Waals surface area contributed by atoms with Gasteiger partial charge in [0.15, 0.2) is 0 Å². The zero-order valence-corrected chi connectivity index (χ0v) is 15.4. The van der Waals surface area contributed by atoms with Crippen LogP contribution in [0.15, 0.2) is 12.7 Å². The summed E-state index contributed by atoms with van der Waals surface area (Å²) in [4.78, 5) is 26.4. The Hall–Kier alpha value is -1.07. The highest BCUT2D eigenvalue weighted by molar-refractivity contribution is 5.88. The van der Waals surface area contributed by atoms with Crippen molar-refractivity contribution in [2.24, 2.45) is 5.92 Å². The van der Waals surface area contributed by atoms with Crippen molar-refractivity contribution in [2.75, 3.05) is 26.2 Å². The van der Waals surface area contributed by atoms with Crippen molar-refractivity contribution in [3.05, 3.63) is 12.7 Å². The maximum atomic E-state index is 12.4. The SMILES string of the molecule is C=CCCCN1CCNC(CC(=O)NCC2CCCCC2)C1=O.Cl. The van der Waals surface area contributed by atoms with Gasteiger partial charge in [-0.15, -0.1) is 19.0 Å². The van der Waals surface area contributed by atoms with Crippen molar-refractivity contribution in [3.63, 3.8) is 0 Å². The van der Waals surface area contributed by atoms with Crippen LogP contribution in [0, 0.1) is 5.92 Å². The van der Waals surface area contributed by atoms with Crippen LogP contribution in [0.4, 0.5) is 0 Å². The molecule has 24 heavy (non-hydrogen) atoms. The summed E-state index contributed by atoms with van der Waals surface area (Å²) in [6.45, 7) is 6.73. The van der Waals surface area contributed by atoms with E-state index in [0.29, 0.717) is 5.92 Å². The Kier molecular flexibility index (Phi) is 10.0. The first kappa shape index (κ1) is 21.0. The van der Waals surface area contributed by atoms with Gasteiger partial charge in [-0.1, -0.05) is 25.3 Å². The van der Waals surface area contributed by atoms with Crippen molar-refractivity contribution < 1.29 is 9.59 Å². The van der Waals surface area contributed by atoms with Crippen LogP contribution < -0.4 is 10.6 Å². The minimum atomic E-state index is -0.362. The summed E-state index contributed by atoms with van der Waals surface area (Å²) in [5, 5.41) is 6.21. The predicted molar refractivity (Wildman–Crippen MR) is 99.3 cm³/mol. The molecule has 0 aromatic carbocycles. The molecule has 1 unspecified atom stereocenters. The van der Waals surface area contributed by atoms with Crippen LogP contribution in [-0.4, -0.2) is 48.9 Å². The number of rotatable bonds is 8. The summed E-state index contributed by atoms with van der Waals surface area (Å²) in [7, 11) is 0. The van der Waals surface area contributed by atoms with Crippen LogP contribution in [0.2, 0.25) is 0 Å². The summed E-state index contributed by atoms with van der Waals surface area (Å²) >= 11 is 0. The summed E-state index contributed by atoms with van der Waals surface area (Å²) in [6, 6.07) is -0.362. The number of allylic oxidation sites excluding steroid dienone is 1. The van der Waals surface area contributed by atoms with Crippen LogP contribution >= 0.6 is 12.4 Å². The van der Waals surface area contributed by atoms with Crippen molar-refractivity contribution in [3.8, 4) is 0 Å². The number of nitrogens with one attached hydrogen (secondary N) is 2. The van der Waals surface area contributed by atoms with E-state index in [1.165, 1.54) is 32.1 Å². The summed E-state index contributed by atoms with van der Waals surface area (Å²) in [6.07, 6.45) is 10.3. The highest BCUT2D eigenvalue weighted by Crippen LogP contribution is 2.22. The molecule has 138 valence electrons. The van der Waals surface area contributed by atoms with E-state index in [0.717, 1.165) is 39.0 Å². The molecule has 2 rings (SSSR count). The topological polar surface area (TPSA) is 61.4 Å². The number of halogens is 1. The number of hydrogen-bond donors (Lipinski definition) is 2. The van der Waals surface area contributed by atoms with Gasteiger partial charge in [0.05, 0.1) is 12.5 Å². The lowest BCUT2D eigenvalue weighted by Crippen LogP contribution is -2.56. The Labute approximate surface area is 152 Å². The maximum absolute atomic E-state index is 12.4. The second-order valence-corrected chi connectivity index (χ2v) is 6.78. The van der Waals surface area contributed by atoms with E-state index in [4.69, 9.17) is 0 Å². The molecule has 1 aliphatic carbocycles. The first-order chi connectivity index (χ1) is 11.2. The summed E-state index contributed by atoms with van der Waals surface area (Å²) in [5.74, 6) is 0.681. The molecule has 2 amide bonds. The predicted octanol–water partition coefficient (Wildman–Crippen LogP) is 2.26. The van der Waals surface area contributed by atoms with Gasteiger partial charge in [-0.2, -0.15) is 0 Å². The fourth-order valence-corrected chi connectivity index (χ4v) is 3.51. The third kappa shape index (κ3) is 6.81. The lowest BCUT2D eigenvalue weighted by Gasteiger charge is -2.33. The minimum absolute atomic E-state index is 0. The zero-order valence-electron chi connectivity index (χ0n) is 14.6. The van der Waals surface area contributed by atoms with Crippen LogP contribution in [0.25, 0.3) is 0 Å². The molecule has 2 fully saturated rings. The van der Waals surface area contributed by atoms with Crippen LogP contribution in [0.1, 0.15) is 51.4 Å². The quantitative estimate of drug-likeness (QED) is 0.517. The van der Waals surface area contributed by atoms with E-state index >= 15 is 0 Å². The molecule has 2 aliphatic rings. The molecule has 1 aliphatic heterocycles. The molecular weight excluding hydrogens is 326 g/mol. The number of hydrogen-bond acceptors (Lipinski definition) is 3. The van der Waals surface area contributed by atoms with E-state index in [1.807, 2.05) is 11.0 Å². The molecule has 0 aromatic heterocycles. The van der Waals surface area contributed by atoms with E-state index < -0.39 is 0 Å². The van der Waals surface area contributed by atoms with E-state index in [2.05, 4.69) is 17.2 Å². The maximum Gasteiger partial charge on any atom is 0.240 e. The molecular formula is C18H32ClN3O2. The molecule has 0 aromatic rings. The third-order valence-corrected chi connectivity index (χ3v) is 4.92. The minimum Gasteiger partial charge on any atom is -0.356 e. The molecule has 2 N–H and O–H groups in total. The second kappa shape index (κ2) is 11.5. The van der Waals surface area contributed by atoms with Gasteiger partial charge >= 0.3 is 0 Å². The summed E-state index contributed by atoms with van der Waals surface area (Å²) in [5.41, 5.74) is 0. The highest BCUT2D eigenvalue weighted by Gasteiger charge is 2.29. The molecule has 0 bridgehead atoms. The van der Waals surface area contributed by atoms with Gasteiger partial charge in [-0.3, -0.25) is 9.59 Å². The second-order valence-electron chi connectivity index (χ2n) is 6.78. The molecule has 6 heteroatoms. The number of carbonyl (C=O) groups excluding carboxylic acids is 2. The zero-order chi connectivity index (χ0) is 16.5. The van der Waals surface area contributed by atoms with Crippen LogP contribution in [0.3, 0.4) is 0 Å². The number of amides is 2. The van der Waals surface area contributed by atoms with Crippen molar-refractivity contribution in [1.29, 1.82) is 0 Å². The number of carbonyl (C=O) groups is 2. The van der Waals surface area contributed by atoms with E-state index in [9.17, 15) is 9.59 Å². The van der Waals surface area contributed by atoms with Gasteiger partial charge in [0.25, 0.3) is 0 Å². The van der Waals surface area contributed by atoms with Gasteiger partial charge < -0.3 is 15.5 Å². The molecule has 1 heterocycles. The lowest BCUT2D eigenvalue weighted by molar-refractivity contribution is -0.138. The van der Waals surface area contributed by atoms with E-state index in [1.54, 1.807) is 0 Å². The summed E-state index contributed by atoms with van der Waals surface area (Å²) < 4.78 is 0. The largest absolute Gasteiger partial charge is 0.356 e. The number of nitrogens with zero attached hydrogens (tertiary/aromatic N) is 1. The monoisotopic (exact) mass is 357 g/mol. The van der Waals surface area contributed by atoms with Crippen molar-refractivity contribution >= 4 is 24.2 Å². The molecule has 0 radical (unpaired) electrons. The van der Waals surface area contributed by atoms with E-state index in [-0.39, 0.29) is 36.7 Å². The molecule has 1 saturated heterocycles. The first-order valence-electron chi connectivity index (χ1n) is 9.10. The molecule has 1 atom stereocenters. The smallest absolute Gasteiger partial charge is 0.240 e. The van der Waals surface area contributed by atoms with Crippen molar-refractivity contribution in [1.82, 2.24) is 15.5 Å². The average Bonchev–Trinajstić information content (AvgIpc) is 2.57. The van der Waals surface area contributed by atoms with Gasteiger partial charge in [-0.25, -0.2) is 0 Å². The number of piperazine rings is 1. The standard InChI is InChI=1S/C18H31N3O2.ClH/c1-2-3-7-11-21-12-10-19-16(18(21)23)13-17(22)20-14-15-8-5-4-6-9-15;/h2,15-16,19H,1,3-14H2,(H,20,22);1H. The molecule has 0 spiro atoms. The lowest BCUT2D eigenvalue weighted by atomic mass is 9.89. The van der Waals surface area contributed by atoms with Gasteiger partial charge in [-0.05, 0) is 31.6 Å². The van der Waals surface area contributed by atoms with Crippen molar-refractivity contribution in [2.45, 2.75) is 57.4 Å². The first-order valence-corrected chi connectivity index (χ1v) is 9.10. The number of unbranched alkanes of at least 4 members (excludes halogenated alkanes) is 1. The van der Waals surface area contributed by atoms with Gasteiger partial charge in [0, 0.05) is 26.2 Å². The molecule has 1 saturated carbocycles. The normalized spacial score (nSPS) is 21.9. The van der Waals surface area contributed by atoms with Gasteiger partial charge in [0.1, 0.15) is 0 Å². The Balaban J connectivity index is 0.00000288. The molecule has 5 nitrogen and oxygen atoms in total. The highest BCUT2D eigenvalue weighted by atomic mass is 35.5. The fraction of sp³-hybridized carbons (Fsp3) is 0.778. The van der Waals surface area contributed by atoms with Crippen LogP contribution in [0.5, 0.6) is 0 Å². The Bertz CT molecular complexity index is 411.